The van der Waals surface area contributed by atoms with Crippen molar-refractivity contribution in [3.63, 3.8) is 0 Å². The first-order chi connectivity index (χ1) is 15.9. The van der Waals surface area contributed by atoms with Gasteiger partial charge in [-0.15, -0.1) is 0 Å². The molecule has 0 N–H and O–H groups in total. The highest BCUT2D eigenvalue weighted by molar-refractivity contribution is 5.76. The molecule has 3 aliphatic heterocycles. The molecule has 8 atom stereocenters. The summed E-state index contributed by atoms with van der Waals surface area (Å²) in [4.78, 5) is 18.0. The molecular formula is C27H38N2O4. The standard InChI is InChI=1S/C27H38N2O4/c1-17-7-6-10-26(3)14-22-23(24-27(17,26)33-24)21(25(30)32-22)16-28-11-12-29(18(2)15-28)19-8-5-9-20(13-19)31-4/h5,8-9,13,17-18,21-24H,6-7,10-12,14-16H2,1-4H3/t17-,18+,21-,22+,23+,24-,26+,27+/m0/s1. The lowest BCUT2D eigenvalue weighted by atomic mass is 9.53. The molecular weight excluding hydrogens is 416 g/mol. The van der Waals surface area contributed by atoms with E-state index in [-0.39, 0.29) is 41.0 Å². The number of carbonyl (C=O) groups excluding carboxylic acids is 1. The van der Waals surface area contributed by atoms with Crippen LogP contribution in [0.5, 0.6) is 5.75 Å². The molecule has 6 heteroatoms. The quantitative estimate of drug-likeness (QED) is 0.510. The summed E-state index contributed by atoms with van der Waals surface area (Å²) in [5.74, 6) is 1.63. The fourth-order valence-electron chi connectivity index (χ4n) is 8.09. The average molecular weight is 455 g/mol. The first-order valence-electron chi connectivity index (χ1n) is 12.9. The second-order valence-corrected chi connectivity index (χ2v) is 11.6. The van der Waals surface area contributed by atoms with Crippen LogP contribution >= 0.6 is 0 Å². The summed E-state index contributed by atoms with van der Waals surface area (Å²) in [5, 5.41) is 0. The molecule has 180 valence electrons. The topological polar surface area (TPSA) is 54.5 Å². The Morgan fingerprint density at radius 2 is 2.09 bits per heavy atom. The van der Waals surface area contributed by atoms with Gasteiger partial charge in [-0.1, -0.05) is 26.3 Å². The van der Waals surface area contributed by atoms with Gasteiger partial charge in [-0.2, -0.15) is 0 Å². The fraction of sp³-hybridized carbons (Fsp3) is 0.741. The van der Waals surface area contributed by atoms with Crippen LogP contribution in [0.1, 0.15) is 46.5 Å². The van der Waals surface area contributed by atoms with Gasteiger partial charge in [0.1, 0.15) is 17.5 Å². The number of fused-ring (bicyclic) bond motifs is 2. The predicted octanol–water partition coefficient (Wildman–Crippen LogP) is 3.73. The van der Waals surface area contributed by atoms with E-state index in [1.807, 2.05) is 6.07 Å². The normalized spacial score (nSPS) is 44.5. The van der Waals surface area contributed by atoms with Crippen LogP contribution in [0, 0.1) is 23.2 Å². The van der Waals surface area contributed by atoms with Crippen molar-refractivity contribution in [1.82, 2.24) is 4.90 Å². The second kappa shape index (κ2) is 7.61. The van der Waals surface area contributed by atoms with Crippen LogP contribution < -0.4 is 9.64 Å². The molecule has 2 saturated carbocycles. The molecule has 5 fully saturated rings. The summed E-state index contributed by atoms with van der Waals surface area (Å²) in [7, 11) is 1.71. The molecule has 0 radical (unpaired) electrons. The number of hydrogen-bond acceptors (Lipinski definition) is 6. The summed E-state index contributed by atoms with van der Waals surface area (Å²) in [6.45, 7) is 10.7. The van der Waals surface area contributed by atoms with E-state index in [4.69, 9.17) is 14.2 Å². The van der Waals surface area contributed by atoms with Crippen LogP contribution in [0.25, 0.3) is 0 Å². The van der Waals surface area contributed by atoms with Gasteiger partial charge < -0.3 is 19.1 Å². The van der Waals surface area contributed by atoms with Gasteiger partial charge >= 0.3 is 5.97 Å². The lowest BCUT2D eigenvalue weighted by molar-refractivity contribution is -0.146. The lowest BCUT2D eigenvalue weighted by Crippen LogP contribution is -2.56. The SMILES string of the molecule is COc1cccc(N2CCN(C[C@@H]3C(=O)O[C@@H]4C[C@@]5(C)CCC[C@H](C)[C@]56O[C@H]6[C@H]34)C[C@H]2C)c1. The van der Waals surface area contributed by atoms with Gasteiger partial charge in [0.05, 0.1) is 19.1 Å². The largest absolute Gasteiger partial charge is 0.497 e. The average Bonchev–Trinajstić information content (AvgIpc) is 3.48. The molecule has 1 aromatic carbocycles. The smallest absolute Gasteiger partial charge is 0.311 e. The van der Waals surface area contributed by atoms with E-state index < -0.39 is 0 Å². The number of benzene rings is 1. The monoisotopic (exact) mass is 454 g/mol. The first-order valence-corrected chi connectivity index (χ1v) is 12.9. The summed E-state index contributed by atoms with van der Waals surface area (Å²) in [6.07, 6.45) is 4.91. The molecule has 33 heavy (non-hydrogen) atoms. The van der Waals surface area contributed by atoms with Crippen LogP contribution in [-0.4, -0.2) is 68.0 Å². The number of esters is 1. The number of piperazine rings is 1. The third-order valence-corrected chi connectivity index (χ3v) is 9.75. The Balaban J connectivity index is 1.15. The van der Waals surface area contributed by atoms with Crippen molar-refractivity contribution in [2.45, 2.75) is 70.3 Å². The van der Waals surface area contributed by atoms with Crippen molar-refractivity contribution in [2.75, 3.05) is 38.2 Å². The van der Waals surface area contributed by atoms with Gasteiger partial charge in [0, 0.05) is 55.3 Å². The van der Waals surface area contributed by atoms with Gasteiger partial charge in [-0.05, 0) is 44.2 Å². The van der Waals surface area contributed by atoms with E-state index in [0.29, 0.717) is 12.0 Å². The Hall–Kier alpha value is -1.79. The van der Waals surface area contributed by atoms with E-state index in [0.717, 1.165) is 38.3 Å². The minimum Gasteiger partial charge on any atom is -0.497 e. The molecule has 6 nitrogen and oxygen atoms in total. The van der Waals surface area contributed by atoms with E-state index in [1.54, 1.807) is 7.11 Å². The fourth-order valence-corrected chi connectivity index (χ4v) is 8.09. The Labute approximate surface area is 197 Å². The number of methoxy groups -OCH3 is 1. The van der Waals surface area contributed by atoms with E-state index >= 15 is 0 Å². The summed E-state index contributed by atoms with van der Waals surface area (Å²) < 4.78 is 18.1. The van der Waals surface area contributed by atoms with Gasteiger partial charge in [0.2, 0.25) is 0 Å². The van der Waals surface area contributed by atoms with Crippen molar-refractivity contribution < 1.29 is 19.0 Å². The zero-order valence-electron chi connectivity index (χ0n) is 20.5. The zero-order valence-corrected chi connectivity index (χ0v) is 20.5. The second-order valence-electron chi connectivity index (χ2n) is 11.6. The number of carbonyl (C=O) groups is 1. The van der Waals surface area contributed by atoms with Crippen molar-refractivity contribution in [1.29, 1.82) is 0 Å². The van der Waals surface area contributed by atoms with Gasteiger partial charge in [0.25, 0.3) is 0 Å². The minimum atomic E-state index is -0.0615. The molecule has 0 amide bonds. The van der Waals surface area contributed by atoms with Crippen molar-refractivity contribution in [3.8, 4) is 5.75 Å². The maximum Gasteiger partial charge on any atom is 0.311 e. The summed E-state index contributed by atoms with van der Waals surface area (Å²) in [6, 6.07) is 8.68. The lowest BCUT2D eigenvalue weighted by Gasteiger charge is -2.49. The molecule has 1 spiro atoms. The Bertz CT molecular complexity index is 938. The molecule has 1 aromatic rings. The van der Waals surface area contributed by atoms with Crippen molar-refractivity contribution in [2.24, 2.45) is 23.2 Å². The molecule has 0 bridgehead atoms. The van der Waals surface area contributed by atoms with E-state index in [9.17, 15) is 4.79 Å². The number of rotatable bonds is 4. The molecule has 2 aliphatic carbocycles. The van der Waals surface area contributed by atoms with Crippen LogP contribution in [0.4, 0.5) is 5.69 Å². The molecule has 6 rings (SSSR count). The molecule has 3 heterocycles. The van der Waals surface area contributed by atoms with Gasteiger partial charge in [-0.3, -0.25) is 9.69 Å². The Morgan fingerprint density at radius 1 is 1.24 bits per heavy atom. The van der Waals surface area contributed by atoms with E-state index in [1.165, 1.54) is 24.9 Å². The van der Waals surface area contributed by atoms with Crippen molar-refractivity contribution >= 4 is 11.7 Å². The third kappa shape index (κ3) is 3.16. The Morgan fingerprint density at radius 3 is 2.88 bits per heavy atom. The molecule has 0 aromatic heterocycles. The third-order valence-electron chi connectivity index (χ3n) is 9.75. The number of hydrogen-bond donors (Lipinski definition) is 0. The first kappa shape index (κ1) is 21.7. The molecule has 0 unspecified atom stereocenters. The van der Waals surface area contributed by atoms with Gasteiger partial charge in [0.15, 0.2) is 0 Å². The maximum absolute atomic E-state index is 13.1. The van der Waals surface area contributed by atoms with Gasteiger partial charge in [-0.25, -0.2) is 0 Å². The van der Waals surface area contributed by atoms with E-state index in [2.05, 4.69) is 48.8 Å². The number of anilines is 1. The zero-order chi connectivity index (χ0) is 23.0. The highest BCUT2D eigenvalue weighted by atomic mass is 16.6. The van der Waals surface area contributed by atoms with Crippen LogP contribution in [0.15, 0.2) is 24.3 Å². The summed E-state index contributed by atoms with van der Waals surface area (Å²) >= 11 is 0. The van der Waals surface area contributed by atoms with Crippen molar-refractivity contribution in [3.05, 3.63) is 24.3 Å². The van der Waals surface area contributed by atoms with Crippen LogP contribution in [0.2, 0.25) is 0 Å². The number of ether oxygens (including phenoxy) is 3. The van der Waals surface area contributed by atoms with Crippen LogP contribution in [-0.2, 0) is 14.3 Å². The molecule has 5 aliphatic rings. The number of epoxide rings is 1. The highest BCUT2D eigenvalue weighted by Crippen LogP contribution is 2.70. The van der Waals surface area contributed by atoms with Crippen LogP contribution in [0.3, 0.4) is 0 Å². The predicted molar refractivity (Wildman–Crippen MR) is 126 cm³/mol. The Kier molecular flexibility index (Phi) is 5.01. The number of nitrogens with zero attached hydrogens (tertiary/aromatic N) is 2. The summed E-state index contributed by atoms with van der Waals surface area (Å²) in [5.41, 5.74) is 1.34. The molecule has 3 saturated heterocycles. The maximum atomic E-state index is 13.1. The highest BCUT2D eigenvalue weighted by Gasteiger charge is 2.78. The minimum absolute atomic E-state index is 0.00780.